The maximum atomic E-state index is 8.99. The van der Waals surface area contributed by atoms with Gasteiger partial charge in [-0.1, -0.05) is 0 Å². The van der Waals surface area contributed by atoms with E-state index >= 15 is 0 Å². The maximum Gasteiger partial charge on any atom is 0.144 e. The van der Waals surface area contributed by atoms with Crippen molar-refractivity contribution in [1.82, 2.24) is 10.3 Å². The molecule has 0 amide bonds. The van der Waals surface area contributed by atoms with Gasteiger partial charge in [0.1, 0.15) is 11.9 Å². The van der Waals surface area contributed by atoms with Crippen molar-refractivity contribution in [2.45, 2.75) is 6.10 Å². The van der Waals surface area contributed by atoms with Crippen LogP contribution in [0.25, 0.3) is 0 Å². The molecule has 0 aromatic carbocycles. The molecule has 0 aliphatic carbocycles. The van der Waals surface area contributed by atoms with Gasteiger partial charge in [0.05, 0.1) is 18.3 Å². The molecule has 1 aliphatic heterocycles. The van der Waals surface area contributed by atoms with Gasteiger partial charge in [0, 0.05) is 30.3 Å². The monoisotopic (exact) mass is 296 g/mol. The number of nitriles is 1. The first kappa shape index (κ1) is 12.3. The highest BCUT2D eigenvalue weighted by Gasteiger charge is 2.14. The van der Waals surface area contributed by atoms with E-state index in [0.717, 1.165) is 24.2 Å². The first-order chi connectivity index (χ1) is 8.29. The van der Waals surface area contributed by atoms with Crippen molar-refractivity contribution in [3.63, 3.8) is 0 Å². The number of rotatable bonds is 3. The van der Waals surface area contributed by atoms with Gasteiger partial charge in [-0.3, -0.25) is 0 Å². The summed E-state index contributed by atoms with van der Waals surface area (Å²) in [6.45, 7) is 3.10. The number of hydrogen-bond donors (Lipinski definition) is 2. The second kappa shape index (κ2) is 5.96. The minimum atomic E-state index is 0.126. The fourth-order valence-corrected chi connectivity index (χ4v) is 1.96. The Bertz CT molecular complexity index is 426. The van der Waals surface area contributed by atoms with Crippen molar-refractivity contribution in [2.24, 2.45) is 0 Å². The van der Waals surface area contributed by atoms with Gasteiger partial charge in [0.2, 0.25) is 0 Å². The molecule has 1 aliphatic rings. The van der Waals surface area contributed by atoms with Crippen LogP contribution in [0.15, 0.2) is 16.7 Å². The standard InChI is InChI=1S/C11H13BrN4O/c12-9-3-8(4-13)11(15-5-9)16-7-10-6-14-1-2-17-10/h3,5,10,14H,1-2,6-7H2,(H,15,16). The van der Waals surface area contributed by atoms with E-state index in [9.17, 15) is 0 Å². The maximum absolute atomic E-state index is 8.99. The third-order valence-electron chi connectivity index (χ3n) is 2.48. The molecule has 90 valence electrons. The highest BCUT2D eigenvalue weighted by molar-refractivity contribution is 9.10. The van der Waals surface area contributed by atoms with E-state index in [0.29, 0.717) is 17.9 Å². The van der Waals surface area contributed by atoms with Crippen molar-refractivity contribution < 1.29 is 4.74 Å². The van der Waals surface area contributed by atoms with Crippen LogP contribution >= 0.6 is 15.9 Å². The Morgan fingerprint density at radius 3 is 3.29 bits per heavy atom. The molecule has 0 radical (unpaired) electrons. The number of halogens is 1. The fourth-order valence-electron chi connectivity index (χ4n) is 1.63. The summed E-state index contributed by atoms with van der Waals surface area (Å²) in [7, 11) is 0. The lowest BCUT2D eigenvalue weighted by Crippen LogP contribution is -2.42. The van der Waals surface area contributed by atoms with Gasteiger partial charge in [-0.25, -0.2) is 4.98 Å². The van der Waals surface area contributed by atoms with E-state index in [1.165, 1.54) is 0 Å². The molecule has 1 fully saturated rings. The summed E-state index contributed by atoms with van der Waals surface area (Å²) < 4.78 is 6.35. The Balaban J connectivity index is 1.96. The summed E-state index contributed by atoms with van der Waals surface area (Å²) in [5, 5.41) is 15.4. The van der Waals surface area contributed by atoms with Crippen molar-refractivity contribution in [2.75, 3.05) is 31.6 Å². The summed E-state index contributed by atoms with van der Waals surface area (Å²) in [5.74, 6) is 0.602. The molecular weight excluding hydrogens is 284 g/mol. The van der Waals surface area contributed by atoms with Gasteiger partial charge in [0.15, 0.2) is 0 Å². The Morgan fingerprint density at radius 2 is 2.59 bits per heavy atom. The summed E-state index contributed by atoms with van der Waals surface area (Å²) in [6.07, 6.45) is 1.80. The van der Waals surface area contributed by atoms with E-state index in [2.05, 4.69) is 37.6 Å². The van der Waals surface area contributed by atoms with Crippen LogP contribution in [0.2, 0.25) is 0 Å². The van der Waals surface area contributed by atoms with Crippen LogP contribution in [0, 0.1) is 11.3 Å². The molecule has 0 saturated carbocycles. The molecule has 1 aromatic heterocycles. The molecular formula is C11H13BrN4O. The van der Waals surface area contributed by atoms with Crippen LogP contribution in [-0.4, -0.2) is 37.3 Å². The lowest BCUT2D eigenvalue weighted by Gasteiger charge is -2.24. The van der Waals surface area contributed by atoms with Gasteiger partial charge in [0.25, 0.3) is 0 Å². The summed E-state index contributed by atoms with van der Waals surface area (Å²) in [5.41, 5.74) is 0.531. The number of ether oxygens (including phenoxy) is 1. The normalized spacial score (nSPS) is 19.6. The minimum absolute atomic E-state index is 0.126. The van der Waals surface area contributed by atoms with Crippen molar-refractivity contribution >= 4 is 21.7 Å². The molecule has 1 saturated heterocycles. The van der Waals surface area contributed by atoms with Gasteiger partial charge in [-0.15, -0.1) is 0 Å². The second-order valence-corrected chi connectivity index (χ2v) is 4.66. The summed E-state index contributed by atoms with van der Waals surface area (Å²) in [6, 6.07) is 3.86. The first-order valence-electron chi connectivity index (χ1n) is 5.41. The van der Waals surface area contributed by atoms with Crippen LogP contribution < -0.4 is 10.6 Å². The average Bonchev–Trinajstić information content (AvgIpc) is 2.38. The molecule has 0 spiro atoms. The quantitative estimate of drug-likeness (QED) is 0.875. The number of anilines is 1. The van der Waals surface area contributed by atoms with E-state index in [-0.39, 0.29) is 6.10 Å². The van der Waals surface area contributed by atoms with Crippen LogP contribution in [0.3, 0.4) is 0 Å². The molecule has 17 heavy (non-hydrogen) atoms. The van der Waals surface area contributed by atoms with Gasteiger partial charge < -0.3 is 15.4 Å². The molecule has 2 heterocycles. The van der Waals surface area contributed by atoms with E-state index in [1.54, 1.807) is 12.3 Å². The summed E-state index contributed by atoms with van der Waals surface area (Å²) in [4.78, 5) is 4.18. The van der Waals surface area contributed by atoms with E-state index < -0.39 is 0 Å². The Kier molecular flexibility index (Phi) is 4.31. The predicted octanol–water partition coefficient (Wildman–Crippen LogP) is 1.12. The SMILES string of the molecule is N#Cc1cc(Br)cnc1NCC1CNCCO1. The molecule has 5 nitrogen and oxygen atoms in total. The van der Waals surface area contributed by atoms with E-state index in [4.69, 9.17) is 10.00 Å². The molecule has 6 heteroatoms. The van der Waals surface area contributed by atoms with Gasteiger partial charge in [-0.2, -0.15) is 5.26 Å². The minimum Gasteiger partial charge on any atom is -0.374 e. The zero-order valence-electron chi connectivity index (χ0n) is 9.24. The third-order valence-corrected chi connectivity index (χ3v) is 2.91. The molecule has 2 rings (SSSR count). The lowest BCUT2D eigenvalue weighted by molar-refractivity contribution is 0.0372. The predicted molar refractivity (Wildman–Crippen MR) is 67.8 cm³/mol. The topological polar surface area (TPSA) is 70.0 Å². The molecule has 0 bridgehead atoms. The zero-order valence-corrected chi connectivity index (χ0v) is 10.8. The van der Waals surface area contributed by atoms with Crippen molar-refractivity contribution in [3.8, 4) is 6.07 Å². The first-order valence-corrected chi connectivity index (χ1v) is 6.20. The number of hydrogen-bond acceptors (Lipinski definition) is 5. The van der Waals surface area contributed by atoms with Crippen LogP contribution in [0.4, 0.5) is 5.82 Å². The number of pyridine rings is 1. The largest absolute Gasteiger partial charge is 0.374 e. The third kappa shape index (κ3) is 3.40. The summed E-state index contributed by atoms with van der Waals surface area (Å²) >= 11 is 3.29. The average molecular weight is 297 g/mol. The number of aromatic nitrogens is 1. The van der Waals surface area contributed by atoms with Gasteiger partial charge in [-0.05, 0) is 22.0 Å². The lowest BCUT2D eigenvalue weighted by atomic mass is 10.2. The second-order valence-electron chi connectivity index (χ2n) is 3.74. The molecule has 2 N–H and O–H groups in total. The smallest absolute Gasteiger partial charge is 0.144 e. The number of morpholine rings is 1. The van der Waals surface area contributed by atoms with Crippen LogP contribution in [0.1, 0.15) is 5.56 Å². The highest BCUT2D eigenvalue weighted by atomic mass is 79.9. The van der Waals surface area contributed by atoms with Gasteiger partial charge >= 0.3 is 0 Å². The Labute approximate surface area is 108 Å². The molecule has 1 aromatic rings. The molecule has 1 atom stereocenters. The highest BCUT2D eigenvalue weighted by Crippen LogP contribution is 2.17. The zero-order chi connectivity index (χ0) is 12.1. The van der Waals surface area contributed by atoms with Crippen LogP contribution in [0.5, 0.6) is 0 Å². The van der Waals surface area contributed by atoms with Crippen LogP contribution in [-0.2, 0) is 4.74 Å². The van der Waals surface area contributed by atoms with Crippen molar-refractivity contribution in [1.29, 1.82) is 5.26 Å². The number of nitrogens with zero attached hydrogens (tertiary/aromatic N) is 2. The van der Waals surface area contributed by atoms with E-state index in [1.807, 2.05) is 0 Å². The fraction of sp³-hybridized carbons (Fsp3) is 0.455. The van der Waals surface area contributed by atoms with Crippen molar-refractivity contribution in [3.05, 3.63) is 22.3 Å². The molecule has 1 unspecified atom stereocenters. The number of nitrogens with one attached hydrogen (secondary N) is 2. The Hall–Kier alpha value is -1.16. The Morgan fingerprint density at radius 1 is 1.71 bits per heavy atom.